The van der Waals surface area contributed by atoms with Gasteiger partial charge in [0.05, 0.1) is 29.6 Å². The monoisotopic (exact) mass is 439 g/mol. The number of carbonyl (C=O) groups excluding carboxylic acids is 1. The summed E-state index contributed by atoms with van der Waals surface area (Å²) in [5.41, 5.74) is 1.62. The Balaban J connectivity index is 1.31. The van der Waals surface area contributed by atoms with Crippen LogP contribution in [0.1, 0.15) is 0 Å². The van der Waals surface area contributed by atoms with Crippen LogP contribution in [0.5, 0.6) is 5.75 Å². The van der Waals surface area contributed by atoms with Crippen molar-refractivity contribution in [3.05, 3.63) is 72.1 Å². The van der Waals surface area contributed by atoms with Crippen LogP contribution in [0.4, 0.5) is 0 Å². The molecule has 2 heterocycles. The van der Waals surface area contributed by atoms with Crippen LogP contribution in [-0.2, 0) is 4.79 Å². The van der Waals surface area contributed by atoms with Crippen molar-refractivity contribution in [2.45, 2.75) is 5.03 Å². The molecule has 0 aliphatic heterocycles. The van der Waals surface area contributed by atoms with E-state index in [1.165, 1.54) is 18.1 Å². The van der Waals surface area contributed by atoms with Gasteiger partial charge >= 0.3 is 0 Å². The molecular formula is C21H18ClN5O2S. The van der Waals surface area contributed by atoms with Gasteiger partial charge in [-0.1, -0.05) is 41.6 Å². The molecule has 4 aromatic rings. The SMILES string of the molecule is O=C(CSc1ncnc2c1cnn2-c1ccccc1)NCCOc1ccc(Cl)cc1. The lowest BCUT2D eigenvalue weighted by atomic mass is 10.3. The van der Waals surface area contributed by atoms with Crippen LogP contribution >= 0.6 is 23.4 Å². The predicted molar refractivity (Wildman–Crippen MR) is 117 cm³/mol. The van der Waals surface area contributed by atoms with E-state index in [1.54, 1.807) is 35.1 Å². The lowest BCUT2D eigenvalue weighted by Crippen LogP contribution is -2.29. The van der Waals surface area contributed by atoms with Gasteiger partial charge in [0, 0.05) is 5.02 Å². The summed E-state index contributed by atoms with van der Waals surface area (Å²) in [6.07, 6.45) is 3.21. The highest BCUT2D eigenvalue weighted by molar-refractivity contribution is 8.00. The highest BCUT2D eigenvalue weighted by atomic mass is 35.5. The van der Waals surface area contributed by atoms with E-state index in [-0.39, 0.29) is 11.7 Å². The van der Waals surface area contributed by atoms with Crippen molar-refractivity contribution in [3.63, 3.8) is 0 Å². The fourth-order valence-electron chi connectivity index (χ4n) is 2.77. The molecule has 0 aliphatic carbocycles. The largest absolute Gasteiger partial charge is 0.492 e. The zero-order valence-corrected chi connectivity index (χ0v) is 17.4. The molecule has 1 N–H and O–H groups in total. The summed E-state index contributed by atoms with van der Waals surface area (Å²) < 4.78 is 7.32. The van der Waals surface area contributed by atoms with E-state index in [9.17, 15) is 4.79 Å². The highest BCUT2D eigenvalue weighted by Crippen LogP contribution is 2.25. The molecule has 2 aromatic heterocycles. The second-order valence-electron chi connectivity index (χ2n) is 6.25. The molecule has 7 nitrogen and oxygen atoms in total. The van der Waals surface area contributed by atoms with E-state index in [0.29, 0.717) is 29.6 Å². The molecule has 4 rings (SSSR count). The summed E-state index contributed by atoms with van der Waals surface area (Å²) in [6, 6.07) is 16.8. The maximum absolute atomic E-state index is 12.2. The van der Waals surface area contributed by atoms with Crippen LogP contribution in [0.2, 0.25) is 5.02 Å². The van der Waals surface area contributed by atoms with Gasteiger partial charge in [-0.2, -0.15) is 5.10 Å². The maximum Gasteiger partial charge on any atom is 0.230 e. The zero-order valence-electron chi connectivity index (χ0n) is 15.9. The molecule has 0 aliphatic rings. The van der Waals surface area contributed by atoms with Gasteiger partial charge in [-0.15, -0.1) is 0 Å². The third kappa shape index (κ3) is 4.90. The van der Waals surface area contributed by atoms with Gasteiger partial charge in [0.15, 0.2) is 5.65 Å². The average Bonchev–Trinajstić information content (AvgIpc) is 3.22. The number of nitrogens with zero attached hydrogens (tertiary/aromatic N) is 4. The quantitative estimate of drug-likeness (QED) is 0.256. The third-order valence-electron chi connectivity index (χ3n) is 4.18. The fraction of sp³-hybridized carbons (Fsp3) is 0.143. The van der Waals surface area contributed by atoms with E-state index >= 15 is 0 Å². The molecule has 0 fully saturated rings. The van der Waals surface area contributed by atoms with Crippen LogP contribution in [-0.4, -0.2) is 44.6 Å². The number of benzene rings is 2. The fourth-order valence-corrected chi connectivity index (χ4v) is 3.69. The molecule has 0 atom stereocenters. The van der Waals surface area contributed by atoms with Crippen LogP contribution in [0.25, 0.3) is 16.7 Å². The van der Waals surface area contributed by atoms with Crippen molar-refractivity contribution < 1.29 is 9.53 Å². The van der Waals surface area contributed by atoms with Crippen molar-refractivity contribution in [1.82, 2.24) is 25.1 Å². The molecule has 0 radical (unpaired) electrons. The molecule has 152 valence electrons. The first-order valence-corrected chi connectivity index (χ1v) is 10.6. The summed E-state index contributed by atoms with van der Waals surface area (Å²) in [6.45, 7) is 0.785. The van der Waals surface area contributed by atoms with E-state index < -0.39 is 0 Å². The first kappa shape index (κ1) is 20.2. The number of aromatic nitrogens is 4. The molecule has 0 unspecified atom stereocenters. The van der Waals surface area contributed by atoms with Gasteiger partial charge in [0.2, 0.25) is 5.91 Å². The Labute approximate surface area is 182 Å². The summed E-state index contributed by atoms with van der Waals surface area (Å²) in [5, 5.41) is 9.44. The number of thioether (sulfide) groups is 1. The Bertz CT molecular complexity index is 1140. The van der Waals surface area contributed by atoms with Crippen molar-refractivity contribution in [1.29, 1.82) is 0 Å². The number of amides is 1. The molecule has 0 bridgehead atoms. The molecule has 0 saturated heterocycles. The van der Waals surface area contributed by atoms with Crippen molar-refractivity contribution >= 4 is 40.3 Å². The highest BCUT2D eigenvalue weighted by Gasteiger charge is 2.12. The lowest BCUT2D eigenvalue weighted by Gasteiger charge is -2.08. The van der Waals surface area contributed by atoms with Gasteiger partial charge < -0.3 is 10.1 Å². The number of rotatable bonds is 8. The van der Waals surface area contributed by atoms with Crippen LogP contribution in [0.3, 0.4) is 0 Å². The molecule has 9 heteroatoms. The normalized spacial score (nSPS) is 10.8. The Morgan fingerprint density at radius 1 is 1.10 bits per heavy atom. The number of para-hydroxylation sites is 1. The number of carbonyl (C=O) groups is 1. The molecule has 0 saturated carbocycles. The van der Waals surface area contributed by atoms with Gasteiger partial charge in [0.25, 0.3) is 0 Å². The topological polar surface area (TPSA) is 81.9 Å². The number of halogens is 1. The molecule has 30 heavy (non-hydrogen) atoms. The minimum absolute atomic E-state index is 0.0954. The van der Waals surface area contributed by atoms with Gasteiger partial charge in [-0.3, -0.25) is 4.79 Å². The van der Waals surface area contributed by atoms with Crippen LogP contribution in [0.15, 0.2) is 72.1 Å². The maximum atomic E-state index is 12.2. The second kappa shape index (κ2) is 9.60. The summed E-state index contributed by atoms with van der Waals surface area (Å²) in [5.74, 6) is 0.854. The molecule has 2 aromatic carbocycles. The standard InChI is InChI=1S/C21H18ClN5O2S/c22-15-6-8-17(9-7-15)29-11-10-23-19(28)13-30-21-18-12-26-27(20(18)24-14-25-21)16-4-2-1-3-5-16/h1-9,12,14H,10-11,13H2,(H,23,28). The first-order valence-electron chi connectivity index (χ1n) is 9.23. The second-order valence-corrected chi connectivity index (χ2v) is 7.65. The van der Waals surface area contributed by atoms with Gasteiger partial charge in [0.1, 0.15) is 23.7 Å². The molecule has 1 amide bonds. The zero-order chi connectivity index (χ0) is 20.8. The minimum Gasteiger partial charge on any atom is -0.492 e. The Morgan fingerprint density at radius 3 is 2.70 bits per heavy atom. The lowest BCUT2D eigenvalue weighted by molar-refractivity contribution is -0.118. The Hall–Kier alpha value is -3.10. The molecular weight excluding hydrogens is 422 g/mol. The van der Waals surface area contributed by atoms with Crippen molar-refractivity contribution in [3.8, 4) is 11.4 Å². The summed E-state index contributed by atoms with van der Waals surface area (Å²) >= 11 is 7.19. The van der Waals surface area contributed by atoms with E-state index in [1.807, 2.05) is 30.3 Å². The van der Waals surface area contributed by atoms with Crippen molar-refractivity contribution in [2.75, 3.05) is 18.9 Å². The molecule has 0 spiro atoms. The summed E-state index contributed by atoms with van der Waals surface area (Å²) in [4.78, 5) is 20.8. The summed E-state index contributed by atoms with van der Waals surface area (Å²) in [7, 11) is 0. The number of fused-ring (bicyclic) bond motifs is 1. The minimum atomic E-state index is -0.0954. The predicted octanol–water partition coefficient (Wildman–Crippen LogP) is 3.76. The van der Waals surface area contributed by atoms with Gasteiger partial charge in [-0.05, 0) is 36.4 Å². The van der Waals surface area contributed by atoms with Crippen LogP contribution < -0.4 is 10.1 Å². The number of nitrogens with one attached hydrogen (secondary N) is 1. The van der Waals surface area contributed by atoms with E-state index in [0.717, 1.165) is 16.1 Å². The number of hydrogen-bond donors (Lipinski definition) is 1. The average molecular weight is 440 g/mol. The van der Waals surface area contributed by atoms with E-state index in [2.05, 4.69) is 20.4 Å². The van der Waals surface area contributed by atoms with Crippen molar-refractivity contribution in [2.24, 2.45) is 0 Å². The number of ether oxygens (including phenoxy) is 1. The number of hydrogen-bond acceptors (Lipinski definition) is 6. The first-order chi connectivity index (χ1) is 14.7. The smallest absolute Gasteiger partial charge is 0.230 e. The van der Waals surface area contributed by atoms with E-state index in [4.69, 9.17) is 16.3 Å². The van der Waals surface area contributed by atoms with Crippen LogP contribution in [0, 0.1) is 0 Å². The Morgan fingerprint density at radius 2 is 1.90 bits per heavy atom. The Kier molecular flexibility index (Phi) is 6.46. The van der Waals surface area contributed by atoms with Gasteiger partial charge in [-0.25, -0.2) is 14.6 Å². The third-order valence-corrected chi connectivity index (χ3v) is 5.43.